The highest BCUT2D eigenvalue weighted by atomic mass is 79.9. The predicted molar refractivity (Wildman–Crippen MR) is 144 cm³/mol. The van der Waals surface area contributed by atoms with Gasteiger partial charge in [-0.15, -0.1) is 0 Å². The summed E-state index contributed by atoms with van der Waals surface area (Å²) in [4.78, 5) is 29.0. The summed E-state index contributed by atoms with van der Waals surface area (Å²) in [6.45, 7) is 8.47. The lowest BCUT2D eigenvalue weighted by Crippen LogP contribution is -2.50. The van der Waals surface area contributed by atoms with E-state index in [-0.39, 0.29) is 22.8 Å². The standard InChI is InChI=1S/C24H28BrClN4O3S/c1-14(2)23(32)30-9-7-29(8-10-30)20-6-5-17(13-19(20)26)27-24(34)28-22(31)18-12-16(25)11-15(3)21(18)33-4/h5-6,11-14H,7-10H2,1-4H3,(H2,27,28,31,34). The molecule has 1 fully saturated rings. The molecule has 182 valence electrons. The largest absolute Gasteiger partial charge is 0.496 e. The van der Waals surface area contributed by atoms with Crippen LogP contribution in [0.25, 0.3) is 0 Å². The van der Waals surface area contributed by atoms with Crippen LogP contribution in [0.5, 0.6) is 5.75 Å². The Kier molecular flexibility index (Phi) is 8.78. The Bertz CT molecular complexity index is 1100. The maximum atomic E-state index is 12.8. The molecule has 2 aromatic carbocycles. The van der Waals surface area contributed by atoms with E-state index >= 15 is 0 Å². The fraction of sp³-hybridized carbons (Fsp3) is 0.375. The first-order valence-electron chi connectivity index (χ1n) is 10.9. The van der Waals surface area contributed by atoms with E-state index in [1.165, 1.54) is 7.11 Å². The topological polar surface area (TPSA) is 73.9 Å². The van der Waals surface area contributed by atoms with E-state index in [1.54, 1.807) is 12.1 Å². The molecule has 1 saturated heterocycles. The Morgan fingerprint density at radius 1 is 1.15 bits per heavy atom. The van der Waals surface area contributed by atoms with Crippen LogP contribution in [0.1, 0.15) is 29.8 Å². The number of aryl methyl sites for hydroxylation is 1. The summed E-state index contributed by atoms with van der Waals surface area (Å²) in [5.74, 6) is 0.288. The van der Waals surface area contributed by atoms with Crippen molar-refractivity contribution in [2.45, 2.75) is 20.8 Å². The number of carbonyl (C=O) groups excluding carboxylic acids is 2. The molecule has 0 unspecified atom stereocenters. The summed E-state index contributed by atoms with van der Waals surface area (Å²) >= 11 is 15.3. The fourth-order valence-electron chi connectivity index (χ4n) is 3.88. The molecule has 2 aromatic rings. The van der Waals surface area contributed by atoms with Gasteiger partial charge in [0.25, 0.3) is 5.91 Å². The molecule has 10 heteroatoms. The van der Waals surface area contributed by atoms with Gasteiger partial charge in [-0.1, -0.05) is 41.4 Å². The molecule has 0 spiro atoms. The summed E-state index contributed by atoms with van der Waals surface area (Å²) < 4.78 is 6.15. The maximum Gasteiger partial charge on any atom is 0.261 e. The van der Waals surface area contributed by atoms with Crippen molar-refractivity contribution in [1.29, 1.82) is 0 Å². The number of benzene rings is 2. The quantitative estimate of drug-likeness (QED) is 0.503. The third-order valence-electron chi connectivity index (χ3n) is 5.55. The molecule has 2 N–H and O–H groups in total. The second kappa shape index (κ2) is 11.4. The van der Waals surface area contributed by atoms with Crippen LogP contribution in [0.4, 0.5) is 11.4 Å². The van der Waals surface area contributed by atoms with Gasteiger partial charge < -0.3 is 19.9 Å². The highest BCUT2D eigenvalue weighted by molar-refractivity contribution is 9.10. The average molecular weight is 568 g/mol. The van der Waals surface area contributed by atoms with Gasteiger partial charge in [0.2, 0.25) is 5.91 Å². The second-order valence-corrected chi connectivity index (χ2v) is 10.1. The van der Waals surface area contributed by atoms with Crippen LogP contribution in [0.2, 0.25) is 5.02 Å². The molecule has 0 saturated carbocycles. The van der Waals surface area contributed by atoms with Crippen LogP contribution in [0.15, 0.2) is 34.8 Å². The molecule has 2 amide bonds. The smallest absolute Gasteiger partial charge is 0.261 e. The molecule has 34 heavy (non-hydrogen) atoms. The normalized spacial score (nSPS) is 13.6. The summed E-state index contributed by atoms with van der Waals surface area (Å²) in [5, 5.41) is 6.40. The Balaban J connectivity index is 1.62. The van der Waals surface area contributed by atoms with Gasteiger partial charge in [-0.3, -0.25) is 14.9 Å². The lowest BCUT2D eigenvalue weighted by atomic mass is 10.1. The monoisotopic (exact) mass is 566 g/mol. The number of methoxy groups -OCH3 is 1. The maximum absolute atomic E-state index is 12.8. The number of anilines is 2. The first-order valence-corrected chi connectivity index (χ1v) is 12.5. The van der Waals surface area contributed by atoms with Gasteiger partial charge in [0.1, 0.15) is 5.75 Å². The van der Waals surface area contributed by atoms with Gasteiger partial charge in [-0.2, -0.15) is 0 Å². The number of rotatable bonds is 5. The average Bonchev–Trinajstić information content (AvgIpc) is 2.78. The van der Waals surface area contributed by atoms with Crippen LogP contribution in [-0.4, -0.2) is 55.1 Å². The molecule has 7 nitrogen and oxygen atoms in total. The number of thiocarbonyl (C=S) groups is 1. The van der Waals surface area contributed by atoms with E-state index in [1.807, 2.05) is 43.9 Å². The molecule has 0 aliphatic carbocycles. The number of halogens is 2. The van der Waals surface area contributed by atoms with Gasteiger partial charge >= 0.3 is 0 Å². The van der Waals surface area contributed by atoms with Crippen molar-refractivity contribution in [2.24, 2.45) is 5.92 Å². The molecule has 1 aliphatic heterocycles. The minimum atomic E-state index is -0.379. The van der Waals surface area contributed by atoms with Crippen molar-refractivity contribution >= 4 is 68.1 Å². The predicted octanol–water partition coefficient (Wildman–Crippen LogP) is 4.85. The van der Waals surface area contributed by atoms with Gasteiger partial charge in [0, 0.05) is 42.3 Å². The minimum Gasteiger partial charge on any atom is -0.496 e. The SMILES string of the molecule is COc1c(C)cc(Br)cc1C(=O)NC(=S)Nc1ccc(N2CCN(C(=O)C(C)C)CC2)c(Cl)c1. The zero-order valence-electron chi connectivity index (χ0n) is 19.6. The molecule has 0 atom stereocenters. The summed E-state index contributed by atoms with van der Waals surface area (Å²) in [6.07, 6.45) is 0. The number of ether oxygens (including phenoxy) is 1. The van der Waals surface area contributed by atoms with E-state index in [4.69, 9.17) is 28.6 Å². The van der Waals surface area contributed by atoms with Crippen LogP contribution in [0.3, 0.4) is 0 Å². The first-order chi connectivity index (χ1) is 16.1. The molecule has 3 rings (SSSR count). The number of nitrogens with zero attached hydrogens (tertiary/aromatic N) is 2. The molecule has 1 aliphatic rings. The van der Waals surface area contributed by atoms with E-state index in [9.17, 15) is 9.59 Å². The van der Waals surface area contributed by atoms with Crippen LogP contribution in [0, 0.1) is 12.8 Å². The van der Waals surface area contributed by atoms with E-state index < -0.39 is 0 Å². The van der Waals surface area contributed by atoms with Crippen molar-refractivity contribution in [3.8, 4) is 5.75 Å². The first kappa shape index (κ1) is 26.2. The minimum absolute atomic E-state index is 0.00153. The lowest BCUT2D eigenvalue weighted by Gasteiger charge is -2.37. The molecule has 1 heterocycles. The third-order valence-corrected chi connectivity index (χ3v) is 6.51. The number of hydrogen-bond donors (Lipinski definition) is 2. The van der Waals surface area contributed by atoms with Gasteiger partial charge in [-0.25, -0.2) is 0 Å². The zero-order valence-corrected chi connectivity index (χ0v) is 22.7. The van der Waals surface area contributed by atoms with Gasteiger partial charge in [0.05, 0.1) is 23.4 Å². The number of piperazine rings is 1. The van der Waals surface area contributed by atoms with Crippen LogP contribution >= 0.6 is 39.7 Å². The summed E-state index contributed by atoms with van der Waals surface area (Å²) in [7, 11) is 1.52. The molecular formula is C24H28BrClN4O3S. The summed E-state index contributed by atoms with van der Waals surface area (Å²) in [6, 6.07) is 9.09. The lowest BCUT2D eigenvalue weighted by molar-refractivity contribution is -0.134. The van der Waals surface area contributed by atoms with Crippen LogP contribution < -0.4 is 20.3 Å². The highest BCUT2D eigenvalue weighted by Gasteiger charge is 2.24. The van der Waals surface area contributed by atoms with Crippen molar-refractivity contribution in [1.82, 2.24) is 10.2 Å². The number of hydrogen-bond acceptors (Lipinski definition) is 5. The van der Waals surface area contributed by atoms with Crippen molar-refractivity contribution in [3.63, 3.8) is 0 Å². The Morgan fingerprint density at radius 2 is 1.82 bits per heavy atom. The molecule has 0 aromatic heterocycles. The van der Waals surface area contributed by atoms with E-state index in [0.717, 1.165) is 15.7 Å². The third kappa shape index (κ3) is 6.20. The zero-order chi connectivity index (χ0) is 25.0. The molecule has 0 bridgehead atoms. The number of nitrogens with one attached hydrogen (secondary N) is 2. The Morgan fingerprint density at radius 3 is 2.41 bits per heavy atom. The Labute approximate surface area is 218 Å². The van der Waals surface area contributed by atoms with Crippen LogP contribution in [-0.2, 0) is 4.79 Å². The second-order valence-electron chi connectivity index (χ2n) is 8.34. The van der Waals surface area contributed by atoms with E-state index in [0.29, 0.717) is 48.2 Å². The number of amides is 2. The summed E-state index contributed by atoms with van der Waals surface area (Å²) in [5.41, 5.74) is 2.76. The Hall–Kier alpha value is -2.36. The molecular weight excluding hydrogens is 540 g/mol. The van der Waals surface area contributed by atoms with Gasteiger partial charge in [0.15, 0.2) is 5.11 Å². The fourth-order valence-corrected chi connectivity index (χ4v) is 4.96. The van der Waals surface area contributed by atoms with Crippen molar-refractivity contribution < 1.29 is 14.3 Å². The van der Waals surface area contributed by atoms with Gasteiger partial charge in [-0.05, 0) is 55.0 Å². The molecule has 0 radical (unpaired) electrons. The van der Waals surface area contributed by atoms with Crippen molar-refractivity contribution in [3.05, 3.63) is 51.0 Å². The number of carbonyl (C=O) groups is 2. The highest BCUT2D eigenvalue weighted by Crippen LogP contribution is 2.30. The van der Waals surface area contributed by atoms with Crippen molar-refractivity contribution in [2.75, 3.05) is 43.5 Å². The van der Waals surface area contributed by atoms with E-state index in [2.05, 4.69) is 31.5 Å².